The summed E-state index contributed by atoms with van der Waals surface area (Å²) in [5, 5.41) is 16.5. The lowest BCUT2D eigenvalue weighted by atomic mass is 9.95. The number of nitrogens with one attached hydrogen (secondary N) is 2. The van der Waals surface area contributed by atoms with Gasteiger partial charge in [-0.05, 0) is 32.6 Å². The number of hydrogen-bond donors (Lipinski definition) is 2. The number of carbonyl (C=O) groups excluding carboxylic acids is 2. The van der Waals surface area contributed by atoms with Crippen LogP contribution in [0.5, 0.6) is 0 Å². The van der Waals surface area contributed by atoms with E-state index in [0.29, 0.717) is 18.9 Å². The quantitative estimate of drug-likeness (QED) is 0.814. The van der Waals surface area contributed by atoms with Gasteiger partial charge < -0.3 is 10.2 Å². The molecule has 2 fully saturated rings. The van der Waals surface area contributed by atoms with Crippen LogP contribution in [0.25, 0.3) is 0 Å². The summed E-state index contributed by atoms with van der Waals surface area (Å²) in [6.45, 7) is 3.20. The smallest absolute Gasteiger partial charge is 0.225 e. The molecule has 1 aromatic rings. The van der Waals surface area contributed by atoms with E-state index >= 15 is 0 Å². The average Bonchev–Trinajstić information content (AvgIpc) is 3.20. The molecular weight excluding hydrogens is 272 g/mol. The zero-order chi connectivity index (χ0) is 14.8. The van der Waals surface area contributed by atoms with Gasteiger partial charge >= 0.3 is 0 Å². The Morgan fingerprint density at radius 3 is 2.52 bits per heavy atom. The van der Waals surface area contributed by atoms with Crippen LogP contribution in [0.4, 0.5) is 0 Å². The lowest BCUT2D eigenvalue weighted by Crippen LogP contribution is -2.44. The van der Waals surface area contributed by atoms with E-state index in [-0.39, 0.29) is 29.7 Å². The van der Waals surface area contributed by atoms with Crippen molar-refractivity contribution in [2.75, 3.05) is 13.1 Å². The normalized spacial score (nSPS) is 21.1. The van der Waals surface area contributed by atoms with Crippen LogP contribution < -0.4 is 5.32 Å². The van der Waals surface area contributed by atoms with Gasteiger partial charge in [0.1, 0.15) is 0 Å². The number of aromatic amines is 1. The van der Waals surface area contributed by atoms with Gasteiger partial charge in [0.15, 0.2) is 5.82 Å². The Bertz CT molecular complexity index is 505. The lowest BCUT2D eigenvalue weighted by molar-refractivity contribution is -0.136. The van der Waals surface area contributed by atoms with Crippen LogP contribution in [0.3, 0.4) is 0 Å². The van der Waals surface area contributed by atoms with Gasteiger partial charge in [-0.1, -0.05) is 5.21 Å². The molecule has 1 atom stereocenters. The molecule has 1 saturated heterocycles. The van der Waals surface area contributed by atoms with Gasteiger partial charge in [0.2, 0.25) is 11.8 Å². The van der Waals surface area contributed by atoms with Crippen LogP contribution in [0.2, 0.25) is 0 Å². The van der Waals surface area contributed by atoms with Crippen molar-refractivity contribution in [3.8, 4) is 0 Å². The fourth-order valence-corrected chi connectivity index (χ4v) is 2.70. The zero-order valence-electron chi connectivity index (χ0n) is 12.1. The minimum Gasteiger partial charge on any atom is -0.346 e. The summed E-state index contributed by atoms with van der Waals surface area (Å²) in [5.41, 5.74) is 0. The fourth-order valence-electron chi connectivity index (χ4n) is 2.70. The van der Waals surface area contributed by atoms with Gasteiger partial charge in [-0.15, -0.1) is 10.2 Å². The molecule has 114 valence electrons. The standard InChI is InChI=1S/C13H20N6O2/c1-8(11-15-17-18-16-11)14-12(20)9-4-6-19(7-5-9)13(21)10-2-3-10/h8-10H,2-7H2,1H3,(H,14,20)(H,15,16,17,18). The first-order valence-corrected chi connectivity index (χ1v) is 7.47. The van der Waals surface area contributed by atoms with Crippen molar-refractivity contribution in [3.05, 3.63) is 5.82 Å². The largest absolute Gasteiger partial charge is 0.346 e. The summed E-state index contributed by atoms with van der Waals surface area (Å²) >= 11 is 0. The first-order chi connectivity index (χ1) is 10.1. The molecule has 0 bridgehead atoms. The number of aromatic nitrogens is 4. The molecule has 0 aromatic carbocycles. The number of tetrazole rings is 1. The third-order valence-corrected chi connectivity index (χ3v) is 4.21. The Morgan fingerprint density at radius 2 is 1.95 bits per heavy atom. The van der Waals surface area contributed by atoms with Gasteiger partial charge in [0, 0.05) is 24.9 Å². The van der Waals surface area contributed by atoms with Crippen molar-refractivity contribution < 1.29 is 9.59 Å². The highest BCUT2D eigenvalue weighted by molar-refractivity contribution is 5.82. The number of rotatable bonds is 4. The van der Waals surface area contributed by atoms with Crippen molar-refractivity contribution in [1.82, 2.24) is 30.8 Å². The molecule has 3 rings (SSSR count). The first kappa shape index (κ1) is 14.0. The zero-order valence-corrected chi connectivity index (χ0v) is 12.1. The fraction of sp³-hybridized carbons (Fsp3) is 0.769. The van der Waals surface area contributed by atoms with Crippen molar-refractivity contribution >= 4 is 11.8 Å². The van der Waals surface area contributed by atoms with Crippen molar-refractivity contribution in [1.29, 1.82) is 0 Å². The number of H-pyrrole nitrogens is 1. The molecule has 1 aliphatic carbocycles. The van der Waals surface area contributed by atoms with Crippen molar-refractivity contribution in [3.63, 3.8) is 0 Å². The number of amides is 2. The van der Waals surface area contributed by atoms with E-state index in [1.807, 2.05) is 11.8 Å². The van der Waals surface area contributed by atoms with E-state index < -0.39 is 0 Å². The summed E-state index contributed by atoms with van der Waals surface area (Å²) < 4.78 is 0. The molecule has 0 radical (unpaired) electrons. The molecule has 2 aliphatic rings. The highest BCUT2D eigenvalue weighted by Crippen LogP contribution is 2.32. The van der Waals surface area contributed by atoms with E-state index in [0.717, 1.165) is 25.7 Å². The molecule has 1 saturated carbocycles. The summed E-state index contributed by atoms with van der Waals surface area (Å²) in [7, 11) is 0. The molecule has 1 unspecified atom stereocenters. The summed E-state index contributed by atoms with van der Waals surface area (Å²) in [5.74, 6) is 0.973. The monoisotopic (exact) mass is 292 g/mol. The minimum atomic E-state index is -0.262. The number of carbonyl (C=O) groups is 2. The van der Waals surface area contributed by atoms with Crippen LogP contribution in [0.15, 0.2) is 0 Å². The number of piperidine rings is 1. The molecule has 1 aromatic heterocycles. The van der Waals surface area contributed by atoms with Gasteiger partial charge in [-0.25, -0.2) is 0 Å². The second-order valence-electron chi connectivity index (χ2n) is 5.87. The highest BCUT2D eigenvalue weighted by atomic mass is 16.2. The third-order valence-electron chi connectivity index (χ3n) is 4.21. The van der Waals surface area contributed by atoms with Crippen LogP contribution in [0, 0.1) is 11.8 Å². The van der Waals surface area contributed by atoms with E-state index in [4.69, 9.17) is 0 Å². The second kappa shape index (κ2) is 5.79. The second-order valence-corrected chi connectivity index (χ2v) is 5.87. The highest BCUT2D eigenvalue weighted by Gasteiger charge is 2.36. The predicted octanol–water partition coefficient (Wildman–Crippen LogP) is 0.0255. The maximum Gasteiger partial charge on any atom is 0.225 e. The van der Waals surface area contributed by atoms with Crippen LogP contribution in [0.1, 0.15) is 44.5 Å². The summed E-state index contributed by atoms with van der Waals surface area (Å²) in [6, 6.07) is -0.262. The maximum atomic E-state index is 12.2. The molecule has 21 heavy (non-hydrogen) atoms. The van der Waals surface area contributed by atoms with Crippen LogP contribution in [-0.4, -0.2) is 50.4 Å². The topological polar surface area (TPSA) is 104 Å². The number of nitrogens with zero attached hydrogens (tertiary/aromatic N) is 4. The predicted molar refractivity (Wildman–Crippen MR) is 72.8 cm³/mol. The van der Waals surface area contributed by atoms with E-state index in [1.54, 1.807) is 0 Å². The lowest BCUT2D eigenvalue weighted by Gasteiger charge is -2.31. The van der Waals surface area contributed by atoms with Crippen molar-refractivity contribution in [2.24, 2.45) is 11.8 Å². The summed E-state index contributed by atoms with van der Waals surface area (Å²) in [6.07, 6.45) is 3.51. The maximum absolute atomic E-state index is 12.2. The number of hydrogen-bond acceptors (Lipinski definition) is 5. The van der Waals surface area contributed by atoms with Gasteiger partial charge in [-0.3, -0.25) is 9.59 Å². The number of likely N-dealkylation sites (tertiary alicyclic amines) is 1. The molecule has 2 amide bonds. The Kier molecular flexibility index (Phi) is 3.85. The van der Waals surface area contributed by atoms with E-state index in [2.05, 4.69) is 25.9 Å². The van der Waals surface area contributed by atoms with Gasteiger partial charge in [-0.2, -0.15) is 5.21 Å². The molecule has 8 heteroatoms. The first-order valence-electron chi connectivity index (χ1n) is 7.47. The molecule has 2 N–H and O–H groups in total. The van der Waals surface area contributed by atoms with Crippen molar-refractivity contribution in [2.45, 2.75) is 38.6 Å². The Balaban J connectivity index is 1.47. The van der Waals surface area contributed by atoms with E-state index in [1.165, 1.54) is 0 Å². The average molecular weight is 292 g/mol. The third kappa shape index (κ3) is 3.20. The van der Waals surface area contributed by atoms with Gasteiger partial charge in [0.05, 0.1) is 6.04 Å². The SMILES string of the molecule is CC(NC(=O)C1CCN(C(=O)C2CC2)CC1)c1nn[nH]n1. The van der Waals surface area contributed by atoms with Gasteiger partial charge in [0.25, 0.3) is 0 Å². The molecule has 2 heterocycles. The Morgan fingerprint density at radius 1 is 1.24 bits per heavy atom. The van der Waals surface area contributed by atoms with E-state index in [9.17, 15) is 9.59 Å². The molecule has 0 spiro atoms. The Labute approximate surface area is 122 Å². The molecular formula is C13H20N6O2. The van der Waals surface area contributed by atoms with Crippen LogP contribution >= 0.6 is 0 Å². The minimum absolute atomic E-state index is 0.00539. The molecule has 8 nitrogen and oxygen atoms in total. The Hall–Kier alpha value is -1.99. The summed E-state index contributed by atoms with van der Waals surface area (Å²) in [4.78, 5) is 26.1. The van der Waals surface area contributed by atoms with Crippen LogP contribution in [-0.2, 0) is 9.59 Å². The molecule has 1 aliphatic heterocycles.